The van der Waals surface area contributed by atoms with E-state index in [-0.39, 0.29) is 106 Å². The average Bonchev–Trinajstić information content (AvgIpc) is 1.60. The van der Waals surface area contributed by atoms with Crippen molar-refractivity contribution < 1.29 is 87.4 Å². The number of likely N-dealkylation sites (N-methyl/N-ethyl adjacent to an activating group) is 6. The van der Waals surface area contributed by atoms with Crippen molar-refractivity contribution in [2.45, 2.75) is 245 Å². The third-order valence-corrected chi connectivity index (χ3v) is 26.3. The Morgan fingerprint density at radius 3 is 1.33 bits per heavy atom. The minimum atomic E-state index is -4.42. The maximum Gasteiger partial charge on any atom is 0.410 e. The monoisotopic (exact) mass is 1760 g/mol. The molecule has 38 nitrogen and oxygen atoms in total. The number of nitrogens with two attached hydrogens (primary N) is 1. The number of sulfonamides is 2. The minimum absolute atomic E-state index is 0. The molecule has 0 radical (unpaired) electrons. The number of urea groups is 2. The van der Waals surface area contributed by atoms with Crippen LogP contribution in [0.1, 0.15) is 203 Å². The maximum atomic E-state index is 12.2. The molecular formula is C77H145F3N22O16S2. The van der Waals surface area contributed by atoms with Crippen LogP contribution in [0, 0.1) is 35.5 Å². The summed E-state index contributed by atoms with van der Waals surface area (Å²) < 4.78 is 101. The number of aryl methyl sites for hydroxylation is 3. The highest BCUT2D eigenvalue weighted by atomic mass is 32.2. The van der Waals surface area contributed by atoms with E-state index in [0.29, 0.717) is 66.5 Å². The SMILES string of the molecule is C.C.C.C.CC(=O)N1CC2CCC1C2.CC(C)C1=NN(C)C(=O)C1(C)C.CC(C)C1=NN(CC(F)(F)F)C(=O)C1(C)C.CN1C(=O)NC(C)(C)C1=O.CN1C(=O)OCC12CC2.CN1C(=O)OCC12CCCC2.CN1C(C)(C)CCS1(=O)=O.CN1CCCS1(=O)=O.CN1CCN(C)C1=O.C[C@H]1COC(=O)N1C.Cc1nnnn1C.Cn1cnc(N)n1. The van der Waals surface area contributed by atoms with E-state index in [2.05, 4.69) is 59.7 Å². The zero-order chi connectivity index (χ0) is 88.7. The van der Waals surface area contributed by atoms with Crippen molar-refractivity contribution in [2.75, 3.05) is 133 Å². The van der Waals surface area contributed by atoms with Crippen molar-refractivity contribution in [1.82, 2.24) is 93.2 Å². The van der Waals surface area contributed by atoms with Gasteiger partial charge in [-0.1, -0.05) is 70.2 Å². The molecule has 10 aliphatic heterocycles. The Morgan fingerprint density at radius 1 is 0.650 bits per heavy atom. The van der Waals surface area contributed by atoms with Gasteiger partial charge in [0.05, 0.1) is 50.9 Å². The Balaban J connectivity index is 0.00000129. The largest absolute Gasteiger partial charge is 0.447 e. The van der Waals surface area contributed by atoms with Crippen LogP contribution in [-0.4, -0.2) is 338 Å². The molecule has 12 heterocycles. The molecule has 3 aliphatic carbocycles. The number of rotatable bonds is 3. The van der Waals surface area contributed by atoms with E-state index in [1.165, 1.54) is 52.8 Å². The highest BCUT2D eigenvalue weighted by molar-refractivity contribution is 7.89. The number of tetrazole rings is 1. The highest BCUT2D eigenvalue weighted by Crippen LogP contribution is 2.45. The number of anilines is 1. The van der Waals surface area contributed by atoms with Crippen molar-refractivity contribution >= 4 is 91.4 Å². The lowest BCUT2D eigenvalue weighted by molar-refractivity contribution is -0.162. The van der Waals surface area contributed by atoms with Crippen LogP contribution < -0.4 is 11.1 Å². The van der Waals surface area contributed by atoms with Crippen LogP contribution in [0.25, 0.3) is 0 Å². The number of likely N-dealkylation sites (tertiary alicyclic amines) is 1. The number of cyclic esters (lactones) is 3. The van der Waals surface area contributed by atoms with Gasteiger partial charge in [0.15, 0.2) is 0 Å². The summed E-state index contributed by atoms with van der Waals surface area (Å²) in [7, 11) is 13.3. The molecule has 2 aromatic heterocycles. The predicted molar refractivity (Wildman–Crippen MR) is 454 cm³/mol. The Hall–Kier alpha value is -8.61. The van der Waals surface area contributed by atoms with Gasteiger partial charge in [-0.05, 0) is 155 Å². The van der Waals surface area contributed by atoms with E-state index in [9.17, 15) is 73.2 Å². The summed E-state index contributed by atoms with van der Waals surface area (Å²) in [6.45, 7) is 31.5. The Labute approximate surface area is 711 Å². The van der Waals surface area contributed by atoms with Gasteiger partial charge >= 0.3 is 36.5 Å². The molecule has 3 N–H and O–H groups in total. The second-order valence-electron chi connectivity index (χ2n) is 33.8. The van der Waals surface area contributed by atoms with Crippen molar-refractivity contribution in [1.29, 1.82) is 0 Å². The lowest BCUT2D eigenvalue weighted by Gasteiger charge is -2.27. The van der Waals surface area contributed by atoms with Crippen molar-refractivity contribution in [3.05, 3.63) is 12.2 Å². The molecule has 3 saturated carbocycles. The lowest BCUT2D eigenvalue weighted by Crippen LogP contribution is -2.41. The number of fused-ring (bicyclic) bond motifs is 2. The summed E-state index contributed by atoms with van der Waals surface area (Å²) in [5.74, 6) is 2.52. The number of carbonyl (C=O) groups excluding carboxylic acids is 9. The first-order valence-electron chi connectivity index (χ1n) is 38.8. The molecule has 11 amide bonds. The second kappa shape index (κ2) is 45.0. The molecule has 692 valence electrons. The highest BCUT2D eigenvalue weighted by Gasteiger charge is 2.55. The van der Waals surface area contributed by atoms with Crippen LogP contribution in [0.3, 0.4) is 0 Å². The molecule has 120 heavy (non-hydrogen) atoms. The zero-order valence-electron chi connectivity index (χ0n) is 72.8. The summed E-state index contributed by atoms with van der Waals surface area (Å²) in [5, 5.41) is 26.8. The zero-order valence-corrected chi connectivity index (χ0v) is 74.5. The molecule has 2 spiro atoms. The van der Waals surface area contributed by atoms with Gasteiger partial charge in [0.25, 0.3) is 17.7 Å². The molecule has 11 fully saturated rings. The summed E-state index contributed by atoms with van der Waals surface area (Å²) >= 11 is 0. The third-order valence-electron chi connectivity index (χ3n) is 22.3. The van der Waals surface area contributed by atoms with Gasteiger partial charge in [0, 0.05) is 122 Å². The van der Waals surface area contributed by atoms with Gasteiger partial charge in [-0.3, -0.25) is 28.8 Å². The standard InChI is InChI=1S/C10H15F3N2O.C9H16N2O.C8H13NO2.C8H13NO.C6H10N2O2.C6H13NO2S.C6H9NO2.C5H10N2O.C5H9NO2.C4H9NO2S.2C3H6N4.4CH4/c1-6(2)7-9(3,4)8(16)15(14-7)5-10(11,12)13;1-6(2)7-9(3,4)8(12)11(5)10-7;1-9-7(10)11-6-8(9)4-2-3-5-8;1-6(10)9-5-7-2-3-8(9)4-7;1-6(2)4(9)8(3)5(10)7-6;1-6(2)4-5-10(8,9)7(6)3;1-7-5(8)9-4-6(7)2-3-6;1-6-3-4-7(2)5(6)8;1-4-3-8-5(7)6(4)2;1-5-3-2-4-8(5,6)7;1-7-2-5-3(4)6-7;1-3-4-5-6-7(3)2;;;;/h6H,5H2,1-4H3;6H,1-5H3;2-6H2,1H3;7-8H,2-5H2,1H3;1-3H3,(H,7,10);4-5H2,1-3H3;2-4H2,1H3;3-4H2,1-2H3;4H,3H2,1-2H3;2-4H2,1H3;2H,1H3,(H2,4,6);1-2H3;4*1H4/t;;;;;;;;4-;;;;;;;/m........0......./s1. The van der Waals surface area contributed by atoms with E-state index in [1.54, 1.807) is 117 Å². The topological polar surface area (TPSA) is 422 Å². The van der Waals surface area contributed by atoms with E-state index in [1.807, 2.05) is 88.5 Å². The number of hydrazone groups is 2. The lowest BCUT2D eigenvalue weighted by atomic mass is 9.82. The summed E-state index contributed by atoms with van der Waals surface area (Å²) in [5.41, 5.74) is 4.62. The number of alkyl halides is 3. The number of carbonyl (C=O) groups is 9. The number of ether oxygens (including phenoxy) is 3. The van der Waals surface area contributed by atoms with E-state index in [4.69, 9.17) is 15.2 Å². The number of nitrogens with zero attached hydrogens (tertiary/aromatic N) is 20. The van der Waals surface area contributed by atoms with Gasteiger partial charge < -0.3 is 54.7 Å². The van der Waals surface area contributed by atoms with Crippen LogP contribution >= 0.6 is 0 Å². The van der Waals surface area contributed by atoms with Gasteiger partial charge in [-0.25, -0.2) is 64.8 Å². The molecule has 13 aliphatic rings. The van der Waals surface area contributed by atoms with Crippen molar-refractivity contribution in [3.63, 3.8) is 0 Å². The smallest absolute Gasteiger partial charge is 0.410 e. The van der Waals surface area contributed by atoms with E-state index >= 15 is 0 Å². The molecule has 3 atom stereocenters. The summed E-state index contributed by atoms with van der Waals surface area (Å²) in [4.78, 5) is 114. The summed E-state index contributed by atoms with van der Waals surface area (Å²) in [6.07, 6.45) is 8.99. The average molecular weight is 1760 g/mol. The number of piperidine rings is 1. The fourth-order valence-corrected chi connectivity index (χ4v) is 17.0. The fraction of sp³-hybridized carbons (Fsp3) is 0.818. The first-order chi connectivity index (χ1) is 53.1. The molecule has 2 bridgehead atoms. The number of aromatic nitrogens is 7. The number of hydrogen-bond acceptors (Lipinski definition) is 24. The maximum absolute atomic E-state index is 12.2. The minimum Gasteiger partial charge on any atom is -0.447 e. The normalized spacial score (nSPS) is 23.6. The number of hydrogen-bond donors (Lipinski definition) is 2. The molecule has 2 aromatic rings. The molecule has 2 unspecified atom stereocenters. The first kappa shape index (κ1) is 111. The summed E-state index contributed by atoms with van der Waals surface area (Å²) in [6, 6.07) is 0.671. The molecule has 0 aromatic carbocycles. The quantitative estimate of drug-likeness (QED) is 0.214. The van der Waals surface area contributed by atoms with Crippen LogP contribution in [-0.2, 0) is 67.5 Å². The number of imide groups is 1. The second-order valence-corrected chi connectivity index (χ2v) is 38.1. The van der Waals surface area contributed by atoms with Crippen LogP contribution in [0.2, 0.25) is 0 Å². The molecule has 15 rings (SSSR count). The van der Waals surface area contributed by atoms with Crippen molar-refractivity contribution in [2.24, 2.45) is 52.9 Å². The number of amides is 11. The Bertz CT molecular complexity index is 4000. The van der Waals surface area contributed by atoms with Crippen molar-refractivity contribution in [3.8, 4) is 0 Å². The van der Waals surface area contributed by atoms with Gasteiger partial charge in [-0.15, -0.1) is 10.2 Å². The Kier molecular flexibility index (Phi) is 41.7. The number of halogens is 3. The van der Waals surface area contributed by atoms with Gasteiger partial charge in [-0.2, -0.15) is 27.7 Å². The molecule has 8 saturated heterocycles. The molecular weight excluding hydrogens is 1610 g/mol. The van der Waals surface area contributed by atoms with Crippen LogP contribution in [0.15, 0.2) is 16.5 Å². The van der Waals surface area contributed by atoms with Crippen LogP contribution in [0.4, 0.5) is 43.1 Å². The molecule has 43 heteroatoms. The number of nitrogen functional groups attached to an aromatic ring is 1. The van der Waals surface area contributed by atoms with Gasteiger partial charge in [0.1, 0.15) is 44.1 Å². The van der Waals surface area contributed by atoms with E-state index in [0.717, 1.165) is 80.5 Å². The number of nitrogens with one attached hydrogen (secondary N) is 1. The van der Waals surface area contributed by atoms with E-state index < -0.39 is 55.0 Å². The van der Waals surface area contributed by atoms with Crippen LogP contribution in [0.5, 0.6) is 0 Å². The third kappa shape index (κ3) is 29.9. The fourth-order valence-electron chi connectivity index (χ4n) is 13.9. The van der Waals surface area contributed by atoms with Gasteiger partial charge in [0.2, 0.25) is 31.9 Å². The predicted octanol–water partition coefficient (Wildman–Crippen LogP) is 8.85. The first-order valence-corrected chi connectivity index (χ1v) is 42.0. The Morgan fingerprint density at radius 2 is 1.15 bits per heavy atom.